The number of sulfonamides is 1. The highest BCUT2D eigenvalue weighted by Gasteiger charge is 2.19. The third-order valence-corrected chi connectivity index (χ3v) is 4.31. The fourth-order valence-corrected chi connectivity index (χ4v) is 3.38. The van der Waals surface area contributed by atoms with Crippen molar-refractivity contribution in [1.29, 1.82) is 0 Å². The summed E-state index contributed by atoms with van der Waals surface area (Å²) in [5, 5.41) is 2.52. The van der Waals surface area contributed by atoms with Gasteiger partial charge in [0.05, 0.1) is 4.90 Å². The third kappa shape index (κ3) is 4.22. The van der Waals surface area contributed by atoms with Crippen LogP contribution in [0.25, 0.3) is 0 Å². The molecule has 1 aromatic rings. The lowest BCUT2D eigenvalue weighted by atomic mass is 10.1. The molecule has 0 radical (unpaired) electrons. The number of nitrogens with two attached hydrogens (primary N) is 1. The Kier molecular flexibility index (Phi) is 4.90. The van der Waals surface area contributed by atoms with Crippen molar-refractivity contribution in [2.75, 3.05) is 18.8 Å². The molecule has 4 N–H and O–H groups in total. The Morgan fingerprint density at radius 1 is 1.21 bits per heavy atom. The molecule has 19 heavy (non-hydrogen) atoms. The minimum Gasteiger partial charge on any atom is -0.399 e. The standard InChI is InChI=1S/C12H19N3O3S/c1-8-6-11(13)7-9(2)12(8)19(17,18)15-5-4-14-10(3)16/h6-7,15H,4-5,13H2,1-3H3,(H,14,16). The highest BCUT2D eigenvalue weighted by atomic mass is 32.2. The Labute approximate surface area is 113 Å². The van der Waals surface area contributed by atoms with Gasteiger partial charge in [-0.25, -0.2) is 13.1 Å². The van der Waals surface area contributed by atoms with Crippen LogP contribution in [0.5, 0.6) is 0 Å². The first-order valence-electron chi connectivity index (χ1n) is 5.85. The van der Waals surface area contributed by atoms with Gasteiger partial charge >= 0.3 is 0 Å². The second-order valence-electron chi connectivity index (χ2n) is 4.36. The van der Waals surface area contributed by atoms with Gasteiger partial charge < -0.3 is 11.1 Å². The van der Waals surface area contributed by atoms with Crippen LogP contribution in [0.3, 0.4) is 0 Å². The van der Waals surface area contributed by atoms with Crippen molar-refractivity contribution >= 4 is 21.6 Å². The molecule has 6 nitrogen and oxygen atoms in total. The van der Waals surface area contributed by atoms with Crippen LogP contribution in [0.1, 0.15) is 18.1 Å². The fourth-order valence-electron chi connectivity index (χ4n) is 1.90. The van der Waals surface area contributed by atoms with Gasteiger partial charge in [0.25, 0.3) is 0 Å². The summed E-state index contributed by atoms with van der Waals surface area (Å²) in [7, 11) is -3.59. The molecule has 0 atom stereocenters. The van der Waals surface area contributed by atoms with Crippen LogP contribution in [0.2, 0.25) is 0 Å². The number of hydrogen-bond donors (Lipinski definition) is 3. The van der Waals surface area contributed by atoms with Crippen LogP contribution in [0.15, 0.2) is 17.0 Å². The molecule has 0 bridgehead atoms. The summed E-state index contributed by atoms with van der Waals surface area (Å²) in [5.41, 5.74) is 7.40. The Hall–Kier alpha value is -1.60. The molecular weight excluding hydrogens is 266 g/mol. The van der Waals surface area contributed by atoms with E-state index in [2.05, 4.69) is 10.0 Å². The Morgan fingerprint density at radius 3 is 2.21 bits per heavy atom. The van der Waals surface area contributed by atoms with E-state index in [0.29, 0.717) is 16.8 Å². The van der Waals surface area contributed by atoms with Gasteiger partial charge in [-0.1, -0.05) is 0 Å². The van der Waals surface area contributed by atoms with E-state index in [1.54, 1.807) is 26.0 Å². The van der Waals surface area contributed by atoms with Gasteiger partial charge in [-0.2, -0.15) is 0 Å². The van der Waals surface area contributed by atoms with E-state index >= 15 is 0 Å². The van der Waals surface area contributed by atoms with Crippen molar-refractivity contribution < 1.29 is 13.2 Å². The maximum atomic E-state index is 12.2. The number of carbonyl (C=O) groups is 1. The van der Waals surface area contributed by atoms with Crippen LogP contribution in [-0.2, 0) is 14.8 Å². The molecule has 0 aromatic heterocycles. The second kappa shape index (κ2) is 6.03. The number of nitrogen functional groups attached to an aromatic ring is 1. The van der Waals surface area contributed by atoms with Crippen LogP contribution in [0.4, 0.5) is 5.69 Å². The molecule has 0 saturated heterocycles. The van der Waals surface area contributed by atoms with E-state index in [1.165, 1.54) is 6.92 Å². The second-order valence-corrected chi connectivity index (χ2v) is 6.07. The van der Waals surface area contributed by atoms with Crippen LogP contribution in [0, 0.1) is 13.8 Å². The summed E-state index contributed by atoms with van der Waals surface area (Å²) < 4.78 is 26.8. The molecule has 1 amide bonds. The fraction of sp³-hybridized carbons (Fsp3) is 0.417. The van der Waals surface area contributed by atoms with Gasteiger partial charge in [-0.15, -0.1) is 0 Å². The molecule has 0 saturated carbocycles. The van der Waals surface area contributed by atoms with Gasteiger partial charge in [0.15, 0.2) is 0 Å². The number of amides is 1. The molecule has 0 aliphatic heterocycles. The van der Waals surface area contributed by atoms with Gasteiger partial charge in [0.2, 0.25) is 15.9 Å². The Bertz CT molecular complexity index is 559. The quantitative estimate of drug-likeness (QED) is 0.535. The molecule has 7 heteroatoms. The number of benzene rings is 1. The lowest BCUT2D eigenvalue weighted by Crippen LogP contribution is -2.34. The number of aryl methyl sites for hydroxylation is 2. The van der Waals surface area contributed by atoms with Crippen molar-refractivity contribution in [2.24, 2.45) is 0 Å². The zero-order chi connectivity index (χ0) is 14.6. The number of hydrogen-bond acceptors (Lipinski definition) is 4. The first kappa shape index (κ1) is 15.5. The number of anilines is 1. The van der Waals surface area contributed by atoms with E-state index in [4.69, 9.17) is 5.73 Å². The summed E-state index contributed by atoms with van der Waals surface area (Å²) in [4.78, 5) is 10.9. The van der Waals surface area contributed by atoms with Crippen molar-refractivity contribution in [3.63, 3.8) is 0 Å². The lowest BCUT2D eigenvalue weighted by molar-refractivity contribution is -0.118. The summed E-state index contributed by atoms with van der Waals surface area (Å²) >= 11 is 0. The topological polar surface area (TPSA) is 101 Å². The van der Waals surface area contributed by atoms with Crippen LogP contribution >= 0.6 is 0 Å². The van der Waals surface area contributed by atoms with Crippen LogP contribution in [-0.4, -0.2) is 27.4 Å². The monoisotopic (exact) mass is 285 g/mol. The smallest absolute Gasteiger partial charge is 0.241 e. The molecule has 0 spiro atoms. The Balaban J connectivity index is 2.86. The average molecular weight is 285 g/mol. The molecule has 0 fully saturated rings. The average Bonchev–Trinajstić information content (AvgIpc) is 2.22. The molecule has 0 aliphatic carbocycles. The maximum Gasteiger partial charge on any atom is 0.241 e. The summed E-state index contributed by atoms with van der Waals surface area (Å²) in [6.07, 6.45) is 0. The molecule has 1 aromatic carbocycles. The van der Waals surface area contributed by atoms with Crippen LogP contribution < -0.4 is 15.8 Å². The Morgan fingerprint density at radius 2 is 1.74 bits per heavy atom. The summed E-state index contributed by atoms with van der Waals surface area (Å²) in [6, 6.07) is 3.24. The molecule has 0 heterocycles. The van der Waals surface area contributed by atoms with Crippen molar-refractivity contribution in [2.45, 2.75) is 25.7 Å². The maximum absolute atomic E-state index is 12.2. The molecule has 106 valence electrons. The highest BCUT2D eigenvalue weighted by Crippen LogP contribution is 2.22. The SMILES string of the molecule is CC(=O)NCCNS(=O)(=O)c1c(C)cc(N)cc1C. The lowest BCUT2D eigenvalue weighted by Gasteiger charge is -2.13. The minimum absolute atomic E-state index is 0.144. The van der Waals surface area contributed by atoms with Crippen molar-refractivity contribution in [1.82, 2.24) is 10.0 Å². The number of rotatable bonds is 5. The predicted molar refractivity (Wildman–Crippen MR) is 74.2 cm³/mol. The first-order chi connectivity index (χ1) is 8.74. The van der Waals surface area contributed by atoms with E-state index in [1.807, 2.05) is 0 Å². The zero-order valence-corrected chi connectivity index (χ0v) is 12.1. The van der Waals surface area contributed by atoms with E-state index < -0.39 is 10.0 Å². The van der Waals surface area contributed by atoms with E-state index in [9.17, 15) is 13.2 Å². The van der Waals surface area contributed by atoms with Crippen molar-refractivity contribution in [3.8, 4) is 0 Å². The van der Waals surface area contributed by atoms with E-state index in [-0.39, 0.29) is 23.9 Å². The molecule has 0 aliphatic rings. The largest absolute Gasteiger partial charge is 0.399 e. The summed E-state index contributed by atoms with van der Waals surface area (Å²) in [6.45, 7) is 5.17. The third-order valence-electron chi connectivity index (χ3n) is 2.54. The van der Waals surface area contributed by atoms with Crippen molar-refractivity contribution in [3.05, 3.63) is 23.3 Å². The van der Waals surface area contributed by atoms with E-state index in [0.717, 1.165) is 0 Å². The number of nitrogens with one attached hydrogen (secondary N) is 2. The van der Waals surface area contributed by atoms with Gasteiger partial charge in [0, 0.05) is 25.7 Å². The van der Waals surface area contributed by atoms with Gasteiger partial charge in [0.1, 0.15) is 0 Å². The summed E-state index contributed by atoms with van der Waals surface area (Å²) in [5.74, 6) is -0.195. The number of carbonyl (C=O) groups excluding carboxylic acids is 1. The molecule has 1 rings (SSSR count). The first-order valence-corrected chi connectivity index (χ1v) is 7.33. The highest BCUT2D eigenvalue weighted by molar-refractivity contribution is 7.89. The van der Waals surface area contributed by atoms with Gasteiger partial charge in [-0.05, 0) is 37.1 Å². The predicted octanol–water partition coefficient (Wildman–Crippen LogP) is 0.300. The normalized spacial score (nSPS) is 11.3. The molecular formula is C12H19N3O3S. The molecule has 0 unspecified atom stereocenters. The zero-order valence-electron chi connectivity index (χ0n) is 11.3. The van der Waals surface area contributed by atoms with Gasteiger partial charge in [-0.3, -0.25) is 4.79 Å². The minimum atomic E-state index is -3.59.